The molecule has 28 heavy (non-hydrogen) atoms. The van der Waals surface area contributed by atoms with Gasteiger partial charge < -0.3 is 15.0 Å². The number of ether oxygens (including phenoxy) is 1. The summed E-state index contributed by atoms with van der Waals surface area (Å²) in [5.74, 6) is 0.344. The lowest BCUT2D eigenvalue weighted by molar-refractivity contribution is -0.947. The van der Waals surface area contributed by atoms with Crippen LogP contribution in [0, 0.1) is 5.92 Å². The molecule has 5 atom stereocenters. The maximum absolute atomic E-state index is 11.9. The van der Waals surface area contributed by atoms with Crippen molar-refractivity contribution in [3.05, 3.63) is 47.0 Å². The molecule has 2 unspecified atom stereocenters. The SMILES string of the molecule is C=C1CCC2[C@H]3Cc4ccc(C(N)=O)cc4[C@@]2(CC[N+]3(C)C[C@@H]2CCCO2)C1. The zero-order valence-electron chi connectivity index (χ0n) is 17.1. The Labute approximate surface area is 168 Å². The quantitative estimate of drug-likeness (QED) is 0.645. The van der Waals surface area contributed by atoms with Crippen molar-refractivity contribution < 1.29 is 14.0 Å². The van der Waals surface area contributed by atoms with Gasteiger partial charge in [-0.05, 0) is 55.4 Å². The molecule has 2 N–H and O–H groups in total. The van der Waals surface area contributed by atoms with Crippen molar-refractivity contribution in [3.8, 4) is 0 Å². The molecule has 4 heteroatoms. The minimum absolute atomic E-state index is 0.146. The van der Waals surface area contributed by atoms with Crippen LogP contribution in [0.15, 0.2) is 30.4 Å². The molecule has 1 aromatic carbocycles. The van der Waals surface area contributed by atoms with E-state index in [1.165, 1.54) is 48.9 Å². The molecule has 2 aliphatic heterocycles. The largest absolute Gasteiger partial charge is 0.372 e. The fourth-order valence-corrected chi connectivity index (χ4v) is 7.06. The molecule has 1 aromatic rings. The van der Waals surface area contributed by atoms with Crippen LogP contribution in [0.5, 0.6) is 0 Å². The summed E-state index contributed by atoms with van der Waals surface area (Å²) in [4.78, 5) is 11.9. The van der Waals surface area contributed by atoms with Crippen molar-refractivity contribution in [1.82, 2.24) is 0 Å². The highest BCUT2D eigenvalue weighted by atomic mass is 16.5. The third kappa shape index (κ3) is 2.68. The van der Waals surface area contributed by atoms with Gasteiger partial charge in [0.05, 0.1) is 19.6 Å². The van der Waals surface area contributed by atoms with Crippen molar-refractivity contribution in [2.75, 3.05) is 26.7 Å². The lowest BCUT2D eigenvalue weighted by atomic mass is 9.51. The van der Waals surface area contributed by atoms with Gasteiger partial charge in [-0.15, -0.1) is 0 Å². The van der Waals surface area contributed by atoms with Gasteiger partial charge in [-0.2, -0.15) is 0 Å². The maximum atomic E-state index is 11.9. The van der Waals surface area contributed by atoms with E-state index in [0.717, 1.165) is 36.9 Å². The summed E-state index contributed by atoms with van der Waals surface area (Å²) < 4.78 is 7.18. The number of primary amides is 1. The minimum atomic E-state index is -0.317. The normalized spacial score (nSPS) is 39.3. The summed E-state index contributed by atoms with van der Waals surface area (Å²) in [5, 5.41) is 0. The molecule has 2 saturated heterocycles. The fraction of sp³-hybridized carbons (Fsp3) is 0.625. The molecule has 0 aromatic heterocycles. The Kier molecular flexibility index (Phi) is 4.22. The molecule has 2 aliphatic carbocycles. The highest BCUT2D eigenvalue weighted by molar-refractivity contribution is 5.93. The van der Waals surface area contributed by atoms with Crippen molar-refractivity contribution in [2.45, 2.75) is 62.5 Å². The van der Waals surface area contributed by atoms with Crippen LogP contribution in [0.4, 0.5) is 0 Å². The summed E-state index contributed by atoms with van der Waals surface area (Å²) in [6.45, 7) is 7.65. The lowest BCUT2D eigenvalue weighted by Gasteiger charge is -2.62. The number of rotatable bonds is 3. The monoisotopic (exact) mass is 381 g/mol. The van der Waals surface area contributed by atoms with Crippen LogP contribution >= 0.6 is 0 Å². The van der Waals surface area contributed by atoms with E-state index >= 15 is 0 Å². The predicted molar refractivity (Wildman–Crippen MR) is 110 cm³/mol. The zero-order chi connectivity index (χ0) is 19.5. The average Bonchev–Trinajstić information content (AvgIpc) is 3.17. The number of nitrogens with zero attached hydrogens (tertiary/aromatic N) is 1. The van der Waals surface area contributed by atoms with E-state index in [0.29, 0.717) is 23.6 Å². The average molecular weight is 382 g/mol. The number of nitrogens with two attached hydrogens (primary N) is 1. The van der Waals surface area contributed by atoms with Crippen LogP contribution in [0.25, 0.3) is 0 Å². The highest BCUT2D eigenvalue weighted by Crippen LogP contribution is 2.58. The fourth-order valence-electron chi connectivity index (χ4n) is 7.06. The Hall–Kier alpha value is -1.65. The molecule has 2 bridgehead atoms. The molecule has 5 rings (SSSR count). The van der Waals surface area contributed by atoms with Gasteiger partial charge in [0.25, 0.3) is 0 Å². The first kappa shape index (κ1) is 18.4. The third-order valence-corrected chi connectivity index (χ3v) is 8.42. The van der Waals surface area contributed by atoms with E-state index in [4.69, 9.17) is 10.5 Å². The number of fused-ring (bicyclic) bond motifs is 1. The number of piperidine rings is 1. The number of allylic oxidation sites excluding steroid dienone is 1. The number of amides is 1. The number of hydrogen-bond acceptors (Lipinski definition) is 2. The first-order valence-electron chi connectivity index (χ1n) is 11.0. The maximum Gasteiger partial charge on any atom is 0.248 e. The molecule has 4 nitrogen and oxygen atoms in total. The molecule has 2 heterocycles. The summed E-state index contributed by atoms with van der Waals surface area (Å²) >= 11 is 0. The van der Waals surface area contributed by atoms with E-state index in [2.05, 4.69) is 25.8 Å². The molecule has 1 saturated carbocycles. The highest BCUT2D eigenvalue weighted by Gasteiger charge is 2.60. The van der Waals surface area contributed by atoms with Crippen molar-refractivity contribution in [3.63, 3.8) is 0 Å². The lowest BCUT2D eigenvalue weighted by Crippen LogP contribution is -2.69. The smallest absolute Gasteiger partial charge is 0.248 e. The number of likely N-dealkylation sites (N-methyl/N-ethyl adjacent to an activating group) is 1. The van der Waals surface area contributed by atoms with Gasteiger partial charge in [-0.1, -0.05) is 18.2 Å². The molecule has 0 radical (unpaired) electrons. The predicted octanol–water partition coefficient (Wildman–Crippen LogP) is 3.33. The zero-order valence-corrected chi connectivity index (χ0v) is 17.1. The first-order chi connectivity index (χ1) is 13.4. The topological polar surface area (TPSA) is 52.3 Å². The summed E-state index contributed by atoms with van der Waals surface area (Å²) in [6, 6.07) is 6.86. The Morgan fingerprint density at radius 3 is 3.00 bits per heavy atom. The van der Waals surface area contributed by atoms with E-state index in [1.807, 2.05) is 6.07 Å². The molecule has 150 valence electrons. The van der Waals surface area contributed by atoms with E-state index in [-0.39, 0.29) is 11.3 Å². The Bertz CT molecular complexity index is 828. The van der Waals surface area contributed by atoms with Crippen LogP contribution in [0.1, 0.15) is 60.0 Å². The standard InChI is InChI=1S/C24H32N2O2/c1-16-5-8-20-22-13-17-6-7-18(23(25)27)12-21(17)24(20,14-16)9-10-26(22,2)15-19-4-3-11-28-19/h6-7,12,19-20,22H,1,3-5,8-11,13-15H2,2H3,(H-,25,27)/p+1/t19-,20?,22+,24-,26?/m0/s1. The van der Waals surface area contributed by atoms with Crippen LogP contribution < -0.4 is 5.73 Å². The number of quaternary nitrogens is 1. The van der Waals surface area contributed by atoms with Crippen molar-refractivity contribution >= 4 is 5.91 Å². The molecule has 0 spiro atoms. The van der Waals surface area contributed by atoms with Gasteiger partial charge in [-0.3, -0.25) is 4.79 Å². The van der Waals surface area contributed by atoms with Crippen LogP contribution in [-0.2, 0) is 16.6 Å². The molecule has 4 aliphatic rings. The Morgan fingerprint density at radius 2 is 2.25 bits per heavy atom. The summed E-state index contributed by atoms with van der Waals surface area (Å²) in [6.07, 6.45) is 8.57. The van der Waals surface area contributed by atoms with E-state index in [1.54, 1.807) is 0 Å². The van der Waals surface area contributed by atoms with Gasteiger partial charge in [0.2, 0.25) is 5.91 Å². The first-order valence-corrected chi connectivity index (χ1v) is 11.0. The van der Waals surface area contributed by atoms with E-state index < -0.39 is 0 Å². The van der Waals surface area contributed by atoms with Crippen molar-refractivity contribution in [1.29, 1.82) is 0 Å². The number of carbonyl (C=O) groups is 1. The Morgan fingerprint density at radius 1 is 1.39 bits per heavy atom. The van der Waals surface area contributed by atoms with Crippen LogP contribution in [-0.4, -0.2) is 49.3 Å². The second-order valence-electron chi connectivity index (χ2n) is 10.0. The molecule has 1 amide bonds. The number of hydrogen-bond donors (Lipinski definition) is 1. The summed E-state index contributed by atoms with van der Waals surface area (Å²) in [7, 11) is 2.47. The van der Waals surface area contributed by atoms with Gasteiger partial charge in [0.1, 0.15) is 12.6 Å². The van der Waals surface area contributed by atoms with Crippen LogP contribution in [0.3, 0.4) is 0 Å². The second kappa shape index (κ2) is 6.43. The van der Waals surface area contributed by atoms with Crippen molar-refractivity contribution in [2.24, 2.45) is 11.7 Å². The summed E-state index contributed by atoms with van der Waals surface area (Å²) in [5.41, 5.74) is 10.6. The van der Waals surface area contributed by atoms with Crippen LogP contribution in [0.2, 0.25) is 0 Å². The van der Waals surface area contributed by atoms with Gasteiger partial charge in [-0.25, -0.2) is 0 Å². The molecule has 3 fully saturated rings. The Balaban J connectivity index is 1.58. The minimum Gasteiger partial charge on any atom is -0.372 e. The molecular weight excluding hydrogens is 348 g/mol. The number of carbonyl (C=O) groups excluding carboxylic acids is 1. The number of benzene rings is 1. The van der Waals surface area contributed by atoms with E-state index in [9.17, 15) is 4.79 Å². The molecular formula is C24H33N2O2+. The number of likely N-dealkylation sites (tertiary alicyclic amines) is 1. The van der Waals surface area contributed by atoms with Gasteiger partial charge in [0.15, 0.2) is 0 Å². The van der Waals surface area contributed by atoms with Gasteiger partial charge >= 0.3 is 0 Å². The second-order valence-corrected chi connectivity index (χ2v) is 10.0. The van der Waals surface area contributed by atoms with Gasteiger partial charge in [0, 0.05) is 36.3 Å². The third-order valence-electron chi connectivity index (χ3n) is 8.42.